The van der Waals surface area contributed by atoms with Gasteiger partial charge in [0.2, 0.25) is 0 Å². The lowest BCUT2D eigenvalue weighted by molar-refractivity contribution is 0.152. The number of aromatic nitrogens is 2. The molecule has 0 aliphatic rings. The van der Waals surface area contributed by atoms with Crippen molar-refractivity contribution >= 4 is 15.9 Å². The standard InChI is InChI=1S/C12H11BrF2N2/c1-7-4-3-5-8(10(7)13)11-9(12(14)15)6-17(2)16-11/h3-6,12H,1-2H3. The first-order chi connectivity index (χ1) is 8.00. The highest BCUT2D eigenvalue weighted by Gasteiger charge is 2.20. The minimum absolute atomic E-state index is 0.0428. The van der Waals surface area contributed by atoms with Crippen molar-refractivity contribution in [1.29, 1.82) is 0 Å². The van der Waals surface area contributed by atoms with Gasteiger partial charge in [-0.05, 0) is 28.4 Å². The number of alkyl halides is 2. The van der Waals surface area contributed by atoms with E-state index >= 15 is 0 Å². The van der Waals surface area contributed by atoms with Crippen LogP contribution in [0.2, 0.25) is 0 Å². The van der Waals surface area contributed by atoms with Crippen LogP contribution in [0.4, 0.5) is 8.78 Å². The second-order valence-electron chi connectivity index (χ2n) is 3.84. The summed E-state index contributed by atoms with van der Waals surface area (Å²) in [7, 11) is 1.64. The Kier molecular flexibility index (Phi) is 3.28. The summed E-state index contributed by atoms with van der Waals surface area (Å²) in [5, 5.41) is 4.11. The minimum Gasteiger partial charge on any atom is -0.275 e. The average molecular weight is 301 g/mol. The largest absolute Gasteiger partial charge is 0.275 e. The SMILES string of the molecule is Cc1cccc(-c2nn(C)cc2C(F)F)c1Br. The molecular weight excluding hydrogens is 290 g/mol. The Balaban J connectivity index is 2.64. The van der Waals surface area contributed by atoms with Gasteiger partial charge in [-0.25, -0.2) is 8.78 Å². The first kappa shape index (κ1) is 12.2. The molecule has 0 spiro atoms. The molecule has 0 saturated heterocycles. The lowest BCUT2D eigenvalue weighted by Crippen LogP contribution is -1.90. The molecule has 1 aromatic carbocycles. The van der Waals surface area contributed by atoms with Gasteiger partial charge in [-0.1, -0.05) is 18.2 Å². The molecule has 90 valence electrons. The predicted octanol–water partition coefficient (Wildman–Crippen LogP) is 4.10. The van der Waals surface area contributed by atoms with Gasteiger partial charge < -0.3 is 0 Å². The van der Waals surface area contributed by atoms with Gasteiger partial charge in [0.1, 0.15) is 5.69 Å². The van der Waals surface area contributed by atoms with Crippen LogP contribution in [0.5, 0.6) is 0 Å². The van der Waals surface area contributed by atoms with E-state index in [1.54, 1.807) is 13.1 Å². The minimum atomic E-state index is -2.52. The molecule has 0 atom stereocenters. The molecule has 0 radical (unpaired) electrons. The highest BCUT2D eigenvalue weighted by molar-refractivity contribution is 9.10. The Morgan fingerprint density at radius 1 is 1.35 bits per heavy atom. The van der Waals surface area contributed by atoms with E-state index < -0.39 is 6.43 Å². The Morgan fingerprint density at radius 2 is 2.06 bits per heavy atom. The van der Waals surface area contributed by atoms with Crippen LogP contribution in [0.15, 0.2) is 28.9 Å². The Morgan fingerprint density at radius 3 is 2.71 bits per heavy atom. The van der Waals surface area contributed by atoms with Crippen molar-refractivity contribution in [3.05, 3.63) is 40.0 Å². The van der Waals surface area contributed by atoms with Crippen LogP contribution in [0.3, 0.4) is 0 Å². The van der Waals surface area contributed by atoms with Crippen LogP contribution >= 0.6 is 15.9 Å². The van der Waals surface area contributed by atoms with Crippen molar-refractivity contribution in [1.82, 2.24) is 9.78 Å². The third kappa shape index (κ3) is 2.24. The molecule has 2 rings (SSSR count). The molecule has 0 amide bonds. The van der Waals surface area contributed by atoms with Gasteiger partial charge in [0.05, 0.1) is 5.56 Å². The average Bonchev–Trinajstić information content (AvgIpc) is 2.64. The van der Waals surface area contributed by atoms with Crippen molar-refractivity contribution in [2.24, 2.45) is 7.05 Å². The zero-order valence-corrected chi connectivity index (χ0v) is 11.0. The van der Waals surface area contributed by atoms with E-state index in [1.807, 2.05) is 19.1 Å². The Labute approximate surface area is 106 Å². The van der Waals surface area contributed by atoms with E-state index in [2.05, 4.69) is 21.0 Å². The first-order valence-corrected chi connectivity index (χ1v) is 5.87. The van der Waals surface area contributed by atoms with Crippen LogP contribution in [0, 0.1) is 6.92 Å². The van der Waals surface area contributed by atoms with Crippen molar-refractivity contribution in [3.8, 4) is 11.3 Å². The lowest BCUT2D eigenvalue weighted by atomic mass is 10.1. The summed E-state index contributed by atoms with van der Waals surface area (Å²) < 4.78 is 28.0. The summed E-state index contributed by atoms with van der Waals surface area (Å²) in [6.07, 6.45) is -1.17. The quantitative estimate of drug-likeness (QED) is 0.816. The second kappa shape index (κ2) is 4.56. The van der Waals surface area contributed by atoms with Gasteiger partial charge in [-0.2, -0.15) is 5.10 Å². The normalized spacial score (nSPS) is 11.2. The van der Waals surface area contributed by atoms with E-state index in [4.69, 9.17) is 0 Å². The Bertz CT molecular complexity index is 549. The van der Waals surface area contributed by atoms with Gasteiger partial charge in [-0.3, -0.25) is 4.68 Å². The predicted molar refractivity (Wildman–Crippen MR) is 66.0 cm³/mol. The number of benzene rings is 1. The van der Waals surface area contributed by atoms with Crippen molar-refractivity contribution in [2.75, 3.05) is 0 Å². The van der Waals surface area contributed by atoms with Crippen molar-refractivity contribution < 1.29 is 8.78 Å². The summed E-state index contributed by atoms with van der Waals surface area (Å²) in [5.74, 6) is 0. The number of rotatable bonds is 2. The molecule has 2 aromatic rings. The fraction of sp³-hybridized carbons (Fsp3) is 0.250. The second-order valence-corrected chi connectivity index (χ2v) is 4.64. The fourth-order valence-electron chi connectivity index (χ4n) is 1.71. The molecule has 0 saturated carbocycles. The molecule has 0 N–H and O–H groups in total. The molecule has 2 nitrogen and oxygen atoms in total. The van der Waals surface area contributed by atoms with Gasteiger partial charge in [0, 0.05) is 23.3 Å². The lowest BCUT2D eigenvalue weighted by Gasteiger charge is -2.06. The number of halogens is 3. The van der Waals surface area contributed by atoms with Gasteiger partial charge >= 0.3 is 0 Å². The van der Waals surface area contributed by atoms with Gasteiger partial charge in [0.25, 0.3) is 6.43 Å². The van der Waals surface area contributed by atoms with Crippen molar-refractivity contribution in [2.45, 2.75) is 13.3 Å². The highest BCUT2D eigenvalue weighted by Crippen LogP contribution is 2.35. The number of aryl methyl sites for hydroxylation is 2. The summed E-state index contributed by atoms with van der Waals surface area (Å²) in [5.41, 5.74) is 1.98. The van der Waals surface area contributed by atoms with E-state index in [1.165, 1.54) is 10.9 Å². The van der Waals surface area contributed by atoms with Crippen LogP contribution in [-0.2, 0) is 7.05 Å². The molecule has 1 aromatic heterocycles. The number of hydrogen-bond acceptors (Lipinski definition) is 1. The maximum atomic E-state index is 12.9. The molecule has 0 aliphatic carbocycles. The molecule has 17 heavy (non-hydrogen) atoms. The maximum absolute atomic E-state index is 12.9. The molecular formula is C12H11BrF2N2. The van der Waals surface area contributed by atoms with Gasteiger partial charge in [-0.15, -0.1) is 0 Å². The summed E-state index contributed by atoms with van der Waals surface area (Å²) in [6, 6.07) is 5.53. The maximum Gasteiger partial charge on any atom is 0.267 e. The van der Waals surface area contributed by atoms with Gasteiger partial charge in [0.15, 0.2) is 0 Å². The monoisotopic (exact) mass is 300 g/mol. The fourth-order valence-corrected chi connectivity index (χ4v) is 2.16. The van der Waals surface area contributed by atoms with Crippen LogP contribution in [0.1, 0.15) is 17.6 Å². The molecule has 0 unspecified atom stereocenters. The number of nitrogens with zero attached hydrogens (tertiary/aromatic N) is 2. The van der Waals surface area contributed by atoms with Crippen LogP contribution in [-0.4, -0.2) is 9.78 Å². The summed E-state index contributed by atoms with van der Waals surface area (Å²) in [6.45, 7) is 1.92. The molecule has 1 heterocycles. The zero-order chi connectivity index (χ0) is 12.6. The number of hydrogen-bond donors (Lipinski definition) is 0. The highest BCUT2D eigenvalue weighted by atomic mass is 79.9. The molecule has 0 fully saturated rings. The van der Waals surface area contributed by atoms with E-state index in [0.717, 1.165) is 10.0 Å². The first-order valence-electron chi connectivity index (χ1n) is 5.08. The molecule has 0 bridgehead atoms. The third-order valence-electron chi connectivity index (χ3n) is 2.54. The van der Waals surface area contributed by atoms with E-state index in [9.17, 15) is 8.78 Å². The molecule has 5 heteroatoms. The van der Waals surface area contributed by atoms with E-state index in [-0.39, 0.29) is 5.56 Å². The van der Waals surface area contributed by atoms with Crippen LogP contribution in [0.25, 0.3) is 11.3 Å². The van der Waals surface area contributed by atoms with E-state index in [0.29, 0.717) is 11.3 Å². The topological polar surface area (TPSA) is 17.8 Å². The smallest absolute Gasteiger partial charge is 0.267 e. The summed E-state index contributed by atoms with van der Waals surface area (Å²) in [4.78, 5) is 0. The summed E-state index contributed by atoms with van der Waals surface area (Å²) >= 11 is 3.42. The van der Waals surface area contributed by atoms with Crippen molar-refractivity contribution in [3.63, 3.8) is 0 Å². The van der Waals surface area contributed by atoms with Crippen LogP contribution < -0.4 is 0 Å². The molecule has 0 aliphatic heterocycles. The third-order valence-corrected chi connectivity index (χ3v) is 3.59. The Hall–Kier alpha value is -1.23. The zero-order valence-electron chi connectivity index (χ0n) is 9.42.